The summed E-state index contributed by atoms with van der Waals surface area (Å²) in [7, 11) is 0. The number of morpholine rings is 1. The average Bonchev–Trinajstić information content (AvgIpc) is 2.64. The van der Waals surface area contributed by atoms with Crippen LogP contribution in [0.3, 0.4) is 0 Å². The van der Waals surface area contributed by atoms with Crippen LogP contribution in [-0.2, 0) is 9.53 Å². The van der Waals surface area contributed by atoms with Crippen LogP contribution in [0.1, 0.15) is 11.6 Å². The van der Waals surface area contributed by atoms with Gasteiger partial charge in [-0.05, 0) is 12.1 Å². The number of hydrogen-bond acceptors (Lipinski definition) is 4. The number of nitrogens with zero attached hydrogens (tertiary/aromatic N) is 1. The van der Waals surface area contributed by atoms with Crippen LogP contribution in [-0.4, -0.2) is 37.1 Å². The summed E-state index contributed by atoms with van der Waals surface area (Å²) in [5, 5.41) is 13.6. The zero-order chi connectivity index (χ0) is 17.6. The number of quaternary nitrogens is 1. The van der Waals surface area contributed by atoms with Crippen molar-refractivity contribution in [3.8, 4) is 0 Å². The van der Waals surface area contributed by atoms with E-state index in [1.807, 2.05) is 30.3 Å². The molecule has 0 spiro atoms. The van der Waals surface area contributed by atoms with Gasteiger partial charge < -0.3 is 15.0 Å². The van der Waals surface area contributed by atoms with Crippen molar-refractivity contribution in [1.82, 2.24) is 0 Å². The van der Waals surface area contributed by atoms with E-state index in [2.05, 4.69) is 5.32 Å². The van der Waals surface area contributed by atoms with Gasteiger partial charge in [0.15, 0.2) is 6.04 Å². The van der Waals surface area contributed by atoms with E-state index in [1.165, 1.54) is 12.1 Å². The zero-order valence-corrected chi connectivity index (χ0v) is 13.7. The summed E-state index contributed by atoms with van der Waals surface area (Å²) >= 11 is 0. The van der Waals surface area contributed by atoms with Gasteiger partial charge in [0.05, 0.1) is 18.1 Å². The molecule has 0 aliphatic carbocycles. The molecule has 3 rings (SSSR count). The van der Waals surface area contributed by atoms with Crippen molar-refractivity contribution in [2.45, 2.75) is 6.04 Å². The Labute approximate surface area is 145 Å². The highest BCUT2D eigenvalue weighted by Crippen LogP contribution is 2.18. The van der Waals surface area contributed by atoms with E-state index in [0.717, 1.165) is 23.6 Å². The summed E-state index contributed by atoms with van der Waals surface area (Å²) in [5.41, 5.74) is 1.49. The minimum absolute atomic E-state index is 0.00332. The normalized spacial score (nSPS) is 16.2. The standard InChI is InChI=1S/C18H19N3O4/c22-18(19-15-6-8-16(9-7-15)21(23)24)17(14-4-2-1-3-5-14)20-10-12-25-13-11-20/h1-9,17H,10-13H2,(H,19,22)/p+1/t17-/m0/s1. The number of anilines is 1. The second-order valence-electron chi connectivity index (χ2n) is 5.91. The molecule has 130 valence electrons. The highest BCUT2D eigenvalue weighted by molar-refractivity contribution is 5.94. The molecule has 0 aromatic heterocycles. The summed E-state index contributed by atoms with van der Waals surface area (Å²) in [6.45, 7) is 2.77. The Balaban J connectivity index is 1.80. The molecule has 7 nitrogen and oxygen atoms in total. The van der Waals surface area contributed by atoms with Crippen molar-refractivity contribution in [2.75, 3.05) is 31.6 Å². The van der Waals surface area contributed by atoms with Crippen molar-refractivity contribution in [1.29, 1.82) is 0 Å². The number of nitro benzene ring substituents is 1. The van der Waals surface area contributed by atoms with Crippen molar-refractivity contribution >= 4 is 17.3 Å². The van der Waals surface area contributed by atoms with E-state index in [1.54, 1.807) is 12.1 Å². The number of amides is 1. The minimum atomic E-state index is -0.462. The van der Waals surface area contributed by atoms with Crippen LogP contribution in [0, 0.1) is 10.1 Å². The first-order chi connectivity index (χ1) is 12.1. The molecular weight excluding hydrogens is 322 g/mol. The average molecular weight is 342 g/mol. The van der Waals surface area contributed by atoms with Crippen molar-refractivity contribution < 1.29 is 19.4 Å². The second-order valence-corrected chi connectivity index (χ2v) is 5.91. The van der Waals surface area contributed by atoms with Gasteiger partial charge in [-0.3, -0.25) is 14.9 Å². The maximum absolute atomic E-state index is 12.9. The van der Waals surface area contributed by atoms with Gasteiger partial charge in [-0.1, -0.05) is 30.3 Å². The monoisotopic (exact) mass is 342 g/mol. The molecule has 2 aromatic carbocycles. The molecule has 0 unspecified atom stereocenters. The smallest absolute Gasteiger partial charge is 0.287 e. The summed E-state index contributed by atoms with van der Waals surface area (Å²) in [5.74, 6) is -0.128. The molecule has 0 radical (unpaired) electrons. The number of rotatable bonds is 5. The first-order valence-electron chi connectivity index (χ1n) is 8.18. The number of nitro groups is 1. The Hall–Kier alpha value is -2.77. The lowest BCUT2D eigenvalue weighted by atomic mass is 10.0. The number of ether oxygens (including phenoxy) is 1. The highest BCUT2D eigenvalue weighted by atomic mass is 16.6. The highest BCUT2D eigenvalue weighted by Gasteiger charge is 2.32. The molecule has 1 aliphatic heterocycles. The van der Waals surface area contributed by atoms with Gasteiger partial charge >= 0.3 is 0 Å². The van der Waals surface area contributed by atoms with Gasteiger partial charge in [0.2, 0.25) is 0 Å². The van der Waals surface area contributed by atoms with E-state index in [-0.39, 0.29) is 17.6 Å². The number of hydrogen-bond donors (Lipinski definition) is 2. The quantitative estimate of drug-likeness (QED) is 0.631. The third-order valence-corrected chi connectivity index (χ3v) is 4.28. The Morgan fingerprint density at radius 1 is 1.08 bits per heavy atom. The predicted molar refractivity (Wildman–Crippen MR) is 92.4 cm³/mol. The van der Waals surface area contributed by atoms with Gasteiger partial charge in [0.25, 0.3) is 11.6 Å². The largest absolute Gasteiger partial charge is 0.370 e. The molecule has 2 aromatic rings. The third-order valence-electron chi connectivity index (χ3n) is 4.28. The molecule has 0 bridgehead atoms. The summed E-state index contributed by atoms with van der Waals surface area (Å²) in [6.07, 6.45) is 0. The van der Waals surface area contributed by atoms with E-state index in [0.29, 0.717) is 18.9 Å². The lowest BCUT2D eigenvalue weighted by molar-refractivity contribution is -0.929. The second kappa shape index (κ2) is 7.87. The lowest BCUT2D eigenvalue weighted by Crippen LogP contribution is -3.15. The molecule has 2 N–H and O–H groups in total. The third kappa shape index (κ3) is 4.20. The van der Waals surface area contributed by atoms with Crippen molar-refractivity contribution in [3.05, 3.63) is 70.3 Å². The van der Waals surface area contributed by atoms with Crippen LogP contribution in [0.4, 0.5) is 11.4 Å². The van der Waals surface area contributed by atoms with Crippen molar-refractivity contribution in [2.24, 2.45) is 0 Å². The molecule has 25 heavy (non-hydrogen) atoms. The topological polar surface area (TPSA) is 85.9 Å². The number of carbonyl (C=O) groups is 1. The van der Waals surface area contributed by atoms with Gasteiger partial charge in [-0.2, -0.15) is 0 Å². The summed E-state index contributed by atoms with van der Waals surface area (Å²) < 4.78 is 5.40. The molecule has 1 heterocycles. The number of carbonyl (C=O) groups excluding carboxylic acids is 1. The van der Waals surface area contributed by atoms with E-state index >= 15 is 0 Å². The first kappa shape index (κ1) is 17.1. The van der Waals surface area contributed by atoms with Gasteiger partial charge in [0.1, 0.15) is 13.1 Å². The molecule has 7 heteroatoms. The van der Waals surface area contributed by atoms with Crippen LogP contribution in [0.15, 0.2) is 54.6 Å². The maximum Gasteiger partial charge on any atom is 0.287 e. The maximum atomic E-state index is 12.9. The van der Waals surface area contributed by atoms with Crippen LogP contribution in [0.2, 0.25) is 0 Å². The molecule has 1 atom stereocenters. The van der Waals surface area contributed by atoms with Gasteiger partial charge in [0, 0.05) is 23.4 Å². The van der Waals surface area contributed by atoms with Crippen LogP contribution >= 0.6 is 0 Å². The number of nitrogens with one attached hydrogen (secondary N) is 2. The summed E-state index contributed by atoms with van der Waals surface area (Å²) in [4.78, 5) is 24.3. The minimum Gasteiger partial charge on any atom is -0.370 e. The first-order valence-corrected chi connectivity index (χ1v) is 8.18. The van der Waals surface area contributed by atoms with Crippen LogP contribution in [0.25, 0.3) is 0 Å². The van der Waals surface area contributed by atoms with Gasteiger partial charge in [-0.15, -0.1) is 0 Å². The number of benzene rings is 2. The Bertz CT molecular complexity index is 728. The molecule has 1 saturated heterocycles. The van der Waals surface area contributed by atoms with Gasteiger partial charge in [-0.25, -0.2) is 0 Å². The molecule has 0 saturated carbocycles. The fourth-order valence-corrected chi connectivity index (χ4v) is 3.02. The summed E-state index contributed by atoms with van der Waals surface area (Å²) in [6, 6.07) is 15.2. The predicted octanol–water partition coefficient (Wildman–Crippen LogP) is 1.19. The Morgan fingerprint density at radius 3 is 2.32 bits per heavy atom. The van der Waals surface area contributed by atoms with Crippen LogP contribution < -0.4 is 10.2 Å². The molecule has 1 amide bonds. The fraction of sp³-hybridized carbons (Fsp3) is 0.278. The lowest BCUT2D eigenvalue weighted by Gasteiger charge is -2.30. The van der Waals surface area contributed by atoms with E-state index in [4.69, 9.17) is 4.74 Å². The Kier molecular flexibility index (Phi) is 5.37. The van der Waals surface area contributed by atoms with E-state index < -0.39 is 4.92 Å². The van der Waals surface area contributed by atoms with Crippen LogP contribution in [0.5, 0.6) is 0 Å². The molecule has 1 fully saturated rings. The number of non-ortho nitro benzene ring substituents is 1. The SMILES string of the molecule is O=C(Nc1ccc([N+](=O)[O-])cc1)[C@H](c1ccccc1)[NH+]1CCOCC1. The van der Waals surface area contributed by atoms with E-state index in [9.17, 15) is 14.9 Å². The molecular formula is C18H20N3O4+. The zero-order valence-electron chi connectivity index (χ0n) is 13.7. The fourth-order valence-electron chi connectivity index (χ4n) is 3.02. The molecule has 1 aliphatic rings. The van der Waals surface area contributed by atoms with Crippen molar-refractivity contribution in [3.63, 3.8) is 0 Å². The Morgan fingerprint density at radius 2 is 1.72 bits per heavy atom.